The number of carbonyl (C=O) groups is 1. The fourth-order valence-electron chi connectivity index (χ4n) is 3.21. The molecule has 1 heterocycles. The number of rotatable bonds is 4. The van der Waals surface area contributed by atoms with Gasteiger partial charge in [0.2, 0.25) is 5.91 Å². The summed E-state index contributed by atoms with van der Waals surface area (Å²) in [5, 5.41) is 13.7. The van der Waals surface area contributed by atoms with Crippen LogP contribution >= 0.6 is 0 Å². The Hall–Kier alpha value is -2.93. The van der Waals surface area contributed by atoms with Gasteiger partial charge in [-0.15, -0.1) is 0 Å². The smallest absolute Gasteiger partial charge is 0.269 e. The Labute approximate surface area is 151 Å². The predicted molar refractivity (Wildman–Crippen MR) is 96.5 cm³/mol. The first-order valence-corrected chi connectivity index (χ1v) is 8.27. The van der Waals surface area contributed by atoms with E-state index >= 15 is 0 Å². The van der Waals surface area contributed by atoms with Crippen molar-refractivity contribution in [2.75, 3.05) is 12.4 Å². The van der Waals surface area contributed by atoms with E-state index in [1.54, 1.807) is 19.2 Å². The minimum atomic E-state index is -0.426. The molecule has 1 amide bonds. The number of hydrogen-bond acceptors (Lipinski definition) is 5. The first-order chi connectivity index (χ1) is 12.4. The Bertz CT molecular complexity index is 848. The minimum Gasteiger partial charge on any atom is -0.495 e. The van der Waals surface area contributed by atoms with Gasteiger partial charge in [0.05, 0.1) is 23.8 Å². The van der Waals surface area contributed by atoms with Gasteiger partial charge in [0.1, 0.15) is 11.9 Å². The standard InChI is InChI=1S/C19H20N2O5/c1-11-8-14-9-17(20-12(2)22)18(25-3)10-16(14)19(26-11)13-4-6-15(7-5-13)21(23)24/h4-7,9-11,19H,8H2,1-3H3,(H,20,22). The molecule has 0 saturated heterocycles. The summed E-state index contributed by atoms with van der Waals surface area (Å²) in [5.41, 5.74) is 3.48. The van der Waals surface area contributed by atoms with Gasteiger partial charge in [0, 0.05) is 19.1 Å². The fraction of sp³-hybridized carbons (Fsp3) is 0.316. The van der Waals surface area contributed by atoms with E-state index < -0.39 is 4.92 Å². The van der Waals surface area contributed by atoms with Crippen molar-refractivity contribution >= 4 is 17.3 Å². The molecule has 3 rings (SSSR count). The monoisotopic (exact) mass is 356 g/mol. The van der Waals surface area contributed by atoms with Crippen LogP contribution in [0.2, 0.25) is 0 Å². The van der Waals surface area contributed by atoms with E-state index in [2.05, 4.69) is 5.32 Å². The van der Waals surface area contributed by atoms with E-state index in [0.29, 0.717) is 17.9 Å². The number of nitrogens with zero attached hydrogens (tertiary/aromatic N) is 1. The zero-order chi connectivity index (χ0) is 18.8. The van der Waals surface area contributed by atoms with Crippen LogP contribution in [0, 0.1) is 10.1 Å². The second-order valence-electron chi connectivity index (χ2n) is 6.31. The normalized spacial score (nSPS) is 18.7. The molecular weight excluding hydrogens is 336 g/mol. The van der Waals surface area contributed by atoms with Gasteiger partial charge < -0.3 is 14.8 Å². The van der Waals surface area contributed by atoms with Crippen molar-refractivity contribution in [2.45, 2.75) is 32.5 Å². The molecule has 0 aromatic heterocycles. The molecule has 1 aliphatic heterocycles. The molecule has 26 heavy (non-hydrogen) atoms. The molecule has 2 atom stereocenters. The third kappa shape index (κ3) is 3.52. The molecule has 2 aromatic rings. The first kappa shape index (κ1) is 17.9. The highest BCUT2D eigenvalue weighted by atomic mass is 16.6. The summed E-state index contributed by atoms with van der Waals surface area (Å²) >= 11 is 0. The average Bonchev–Trinajstić information content (AvgIpc) is 2.60. The van der Waals surface area contributed by atoms with Gasteiger partial charge >= 0.3 is 0 Å². The summed E-state index contributed by atoms with van der Waals surface area (Å²) in [7, 11) is 1.54. The Morgan fingerprint density at radius 2 is 2.00 bits per heavy atom. The number of nitro groups is 1. The summed E-state index contributed by atoms with van der Waals surface area (Å²) in [4.78, 5) is 21.9. The maximum absolute atomic E-state index is 11.4. The van der Waals surface area contributed by atoms with Crippen LogP contribution in [-0.2, 0) is 16.0 Å². The number of methoxy groups -OCH3 is 1. The maximum Gasteiger partial charge on any atom is 0.269 e. The topological polar surface area (TPSA) is 90.7 Å². The van der Waals surface area contributed by atoms with Gasteiger partial charge in [0.15, 0.2) is 0 Å². The summed E-state index contributed by atoms with van der Waals surface area (Å²) in [6.45, 7) is 3.42. The Morgan fingerprint density at radius 3 is 2.58 bits per heavy atom. The van der Waals surface area contributed by atoms with Crippen LogP contribution in [0.5, 0.6) is 5.75 Å². The van der Waals surface area contributed by atoms with E-state index in [4.69, 9.17) is 9.47 Å². The van der Waals surface area contributed by atoms with Crippen LogP contribution in [0.25, 0.3) is 0 Å². The van der Waals surface area contributed by atoms with Crippen LogP contribution in [0.3, 0.4) is 0 Å². The van der Waals surface area contributed by atoms with Crippen molar-refractivity contribution < 1.29 is 19.2 Å². The molecule has 0 radical (unpaired) electrons. The van der Waals surface area contributed by atoms with Crippen LogP contribution < -0.4 is 10.1 Å². The predicted octanol–water partition coefficient (Wildman–Crippen LogP) is 3.61. The van der Waals surface area contributed by atoms with E-state index in [0.717, 1.165) is 16.7 Å². The lowest BCUT2D eigenvalue weighted by Gasteiger charge is -2.32. The molecule has 2 aromatic carbocycles. The number of amides is 1. The van der Waals surface area contributed by atoms with Crippen molar-refractivity contribution in [3.05, 3.63) is 63.2 Å². The number of carbonyl (C=O) groups excluding carboxylic acids is 1. The molecule has 1 N–H and O–H groups in total. The van der Waals surface area contributed by atoms with Crippen LogP contribution in [0.15, 0.2) is 36.4 Å². The highest BCUT2D eigenvalue weighted by Crippen LogP contribution is 2.40. The number of nitrogens with one attached hydrogen (secondary N) is 1. The zero-order valence-corrected chi connectivity index (χ0v) is 14.8. The number of ether oxygens (including phenoxy) is 2. The molecule has 0 spiro atoms. The average molecular weight is 356 g/mol. The highest BCUT2D eigenvalue weighted by molar-refractivity contribution is 5.90. The number of non-ortho nitro benzene ring substituents is 1. The molecule has 0 fully saturated rings. The third-order valence-corrected chi connectivity index (χ3v) is 4.34. The second-order valence-corrected chi connectivity index (χ2v) is 6.31. The SMILES string of the molecule is COc1cc2c(cc1NC(C)=O)CC(C)OC2c1ccc([N+](=O)[O-])cc1. The van der Waals surface area contributed by atoms with E-state index in [-0.39, 0.29) is 23.8 Å². The van der Waals surface area contributed by atoms with Gasteiger partial charge in [-0.3, -0.25) is 14.9 Å². The van der Waals surface area contributed by atoms with Gasteiger partial charge in [-0.05, 0) is 54.3 Å². The van der Waals surface area contributed by atoms with Crippen molar-refractivity contribution in [3.63, 3.8) is 0 Å². The van der Waals surface area contributed by atoms with E-state index in [1.165, 1.54) is 19.1 Å². The summed E-state index contributed by atoms with van der Waals surface area (Å²) in [6, 6.07) is 10.1. The van der Waals surface area contributed by atoms with Crippen LogP contribution in [0.1, 0.15) is 36.6 Å². The fourth-order valence-corrected chi connectivity index (χ4v) is 3.21. The van der Waals surface area contributed by atoms with Crippen LogP contribution in [0.4, 0.5) is 11.4 Å². The third-order valence-electron chi connectivity index (χ3n) is 4.34. The lowest BCUT2D eigenvalue weighted by Crippen LogP contribution is -2.25. The molecule has 1 aliphatic rings. The van der Waals surface area contributed by atoms with Crippen LogP contribution in [-0.4, -0.2) is 24.0 Å². The van der Waals surface area contributed by atoms with Crippen molar-refractivity contribution in [1.29, 1.82) is 0 Å². The molecule has 0 aliphatic carbocycles. The van der Waals surface area contributed by atoms with Gasteiger partial charge in [0.25, 0.3) is 5.69 Å². The first-order valence-electron chi connectivity index (χ1n) is 8.27. The quantitative estimate of drug-likeness (QED) is 0.667. The molecule has 0 bridgehead atoms. The number of fused-ring (bicyclic) bond motifs is 1. The molecule has 7 nitrogen and oxygen atoms in total. The van der Waals surface area contributed by atoms with E-state index in [1.807, 2.05) is 19.1 Å². The largest absolute Gasteiger partial charge is 0.495 e. The number of benzene rings is 2. The Balaban J connectivity index is 2.05. The minimum absolute atomic E-state index is 0.0266. The number of anilines is 1. The van der Waals surface area contributed by atoms with Gasteiger partial charge in [-0.2, -0.15) is 0 Å². The molecule has 2 unspecified atom stereocenters. The Morgan fingerprint density at radius 1 is 1.31 bits per heavy atom. The molecule has 0 saturated carbocycles. The molecule has 136 valence electrons. The lowest BCUT2D eigenvalue weighted by molar-refractivity contribution is -0.384. The lowest BCUT2D eigenvalue weighted by atomic mass is 9.90. The van der Waals surface area contributed by atoms with Crippen molar-refractivity contribution in [1.82, 2.24) is 0 Å². The number of hydrogen-bond donors (Lipinski definition) is 1. The highest BCUT2D eigenvalue weighted by Gasteiger charge is 2.28. The van der Waals surface area contributed by atoms with Crippen molar-refractivity contribution in [2.24, 2.45) is 0 Å². The number of nitro benzene ring substituents is 1. The summed E-state index contributed by atoms with van der Waals surface area (Å²) in [5.74, 6) is 0.374. The second kappa shape index (κ2) is 7.13. The summed E-state index contributed by atoms with van der Waals surface area (Å²) < 4.78 is 11.5. The van der Waals surface area contributed by atoms with E-state index in [9.17, 15) is 14.9 Å². The molecule has 7 heteroatoms. The molecular formula is C19H20N2O5. The van der Waals surface area contributed by atoms with Crippen molar-refractivity contribution in [3.8, 4) is 5.75 Å². The summed E-state index contributed by atoms with van der Waals surface area (Å²) in [6.07, 6.45) is 0.325. The van der Waals surface area contributed by atoms with Gasteiger partial charge in [-0.25, -0.2) is 0 Å². The Kier molecular flexibility index (Phi) is 4.90. The zero-order valence-electron chi connectivity index (χ0n) is 14.8. The maximum atomic E-state index is 11.4. The van der Waals surface area contributed by atoms with Gasteiger partial charge in [-0.1, -0.05) is 0 Å².